The van der Waals surface area contributed by atoms with Gasteiger partial charge in [-0.05, 0) is 17.7 Å². The molecule has 0 atom stereocenters. The molecule has 0 spiro atoms. The van der Waals surface area contributed by atoms with Crippen molar-refractivity contribution in [2.24, 2.45) is 0 Å². The van der Waals surface area contributed by atoms with Gasteiger partial charge in [-0.25, -0.2) is 4.79 Å². The SMILES string of the molecule is CN1CCN(c2cccc(CC#N)c2)C1=O. The lowest BCUT2D eigenvalue weighted by molar-refractivity contribution is 0.229. The Labute approximate surface area is 94.7 Å². The van der Waals surface area contributed by atoms with Crippen LogP contribution in [0.2, 0.25) is 0 Å². The van der Waals surface area contributed by atoms with Crippen LogP contribution in [0.3, 0.4) is 0 Å². The molecule has 0 aliphatic carbocycles. The van der Waals surface area contributed by atoms with E-state index in [4.69, 9.17) is 5.26 Å². The van der Waals surface area contributed by atoms with Gasteiger partial charge in [0.05, 0.1) is 12.5 Å². The van der Waals surface area contributed by atoms with Crippen molar-refractivity contribution in [3.05, 3.63) is 29.8 Å². The summed E-state index contributed by atoms with van der Waals surface area (Å²) in [4.78, 5) is 15.2. The summed E-state index contributed by atoms with van der Waals surface area (Å²) in [5.41, 5.74) is 1.82. The normalized spacial score (nSPS) is 15.4. The summed E-state index contributed by atoms with van der Waals surface area (Å²) >= 11 is 0. The van der Waals surface area contributed by atoms with Crippen molar-refractivity contribution in [3.63, 3.8) is 0 Å². The van der Waals surface area contributed by atoms with Crippen molar-refractivity contribution in [1.29, 1.82) is 5.26 Å². The average Bonchev–Trinajstić information content (AvgIpc) is 2.61. The minimum absolute atomic E-state index is 0.0223. The number of anilines is 1. The molecule has 1 heterocycles. The fourth-order valence-electron chi connectivity index (χ4n) is 1.81. The zero-order valence-corrected chi connectivity index (χ0v) is 9.18. The Kier molecular flexibility index (Phi) is 2.78. The van der Waals surface area contributed by atoms with Gasteiger partial charge in [-0.1, -0.05) is 12.1 Å². The highest BCUT2D eigenvalue weighted by Crippen LogP contribution is 2.20. The molecule has 1 aromatic rings. The second-order valence-corrected chi connectivity index (χ2v) is 3.86. The summed E-state index contributed by atoms with van der Waals surface area (Å²) < 4.78 is 0. The van der Waals surface area contributed by atoms with Crippen LogP contribution < -0.4 is 4.90 Å². The van der Waals surface area contributed by atoms with Crippen LogP contribution in [0, 0.1) is 11.3 Å². The van der Waals surface area contributed by atoms with Crippen molar-refractivity contribution in [1.82, 2.24) is 4.90 Å². The van der Waals surface area contributed by atoms with Gasteiger partial charge >= 0.3 is 6.03 Å². The lowest BCUT2D eigenvalue weighted by Gasteiger charge is -2.16. The summed E-state index contributed by atoms with van der Waals surface area (Å²) in [5.74, 6) is 0. The van der Waals surface area contributed by atoms with E-state index in [1.807, 2.05) is 24.3 Å². The van der Waals surface area contributed by atoms with E-state index < -0.39 is 0 Å². The topological polar surface area (TPSA) is 47.3 Å². The van der Waals surface area contributed by atoms with Crippen LogP contribution in [0.25, 0.3) is 0 Å². The molecule has 1 fully saturated rings. The van der Waals surface area contributed by atoms with Gasteiger partial charge in [-0.2, -0.15) is 5.26 Å². The van der Waals surface area contributed by atoms with E-state index in [1.54, 1.807) is 16.8 Å². The smallest absolute Gasteiger partial charge is 0.324 e. The number of hydrogen-bond acceptors (Lipinski definition) is 2. The third kappa shape index (κ3) is 1.84. The van der Waals surface area contributed by atoms with Gasteiger partial charge in [-0.15, -0.1) is 0 Å². The molecule has 16 heavy (non-hydrogen) atoms. The zero-order chi connectivity index (χ0) is 11.5. The van der Waals surface area contributed by atoms with E-state index in [0.29, 0.717) is 13.0 Å². The van der Waals surface area contributed by atoms with Crippen LogP contribution in [-0.2, 0) is 6.42 Å². The van der Waals surface area contributed by atoms with Gasteiger partial charge in [0, 0.05) is 25.8 Å². The van der Waals surface area contributed by atoms with E-state index >= 15 is 0 Å². The molecule has 0 aromatic heterocycles. The fourth-order valence-corrected chi connectivity index (χ4v) is 1.81. The van der Waals surface area contributed by atoms with Crippen LogP contribution in [0.5, 0.6) is 0 Å². The molecule has 1 aliphatic heterocycles. The van der Waals surface area contributed by atoms with Gasteiger partial charge in [0.1, 0.15) is 0 Å². The Balaban J connectivity index is 2.24. The van der Waals surface area contributed by atoms with Gasteiger partial charge in [0.2, 0.25) is 0 Å². The Hall–Kier alpha value is -2.02. The number of likely N-dealkylation sites (N-methyl/N-ethyl adjacent to an activating group) is 1. The fraction of sp³-hybridized carbons (Fsp3) is 0.333. The molecule has 0 bridgehead atoms. The highest BCUT2D eigenvalue weighted by atomic mass is 16.2. The van der Waals surface area contributed by atoms with Crippen molar-refractivity contribution < 1.29 is 4.79 Å². The number of nitrogens with zero attached hydrogens (tertiary/aromatic N) is 3. The third-order valence-corrected chi connectivity index (χ3v) is 2.72. The standard InChI is InChI=1S/C12H13N3O/c1-14-7-8-15(12(14)16)11-4-2-3-10(9-11)5-6-13/h2-4,9H,5,7-8H2,1H3. The largest absolute Gasteiger partial charge is 0.326 e. The average molecular weight is 215 g/mol. The number of amides is 2. The molecule has 4 heteroatoms. The number of carbonyl (C=O) groups excluding carboxylic acids is 1. The molecule has 0 N–H and O–H groups in total. The summed E-state index contributed by atoms with van der Waals surface area (Å²) in [7, 11) is 1.79. The molecular weight excluding hydrogens is 202 g/mol. The second-order valence-electron chi connectivity index (χ2n) is 3.86. The first-order valence-electron chi connectivity index (χ1n) is 5.21. The number of hydrogen-bond donors (Lipinski definition) is 0. The first-order valence-corrected chi connectivity index (χ1v) is 5.21. The van der Waals surface area contributed by atoms with Gasteiger partial charge in [0.15, 0.2) is 0 Å². The summed E-state index contributed by atoms with van der Waals surface area (Å²) in [6.45, 7) is 1.46. The lowest BCUT2D eigenvalue weighted by atomic mass is 10.1. The molecular formula is C12H13N3O. The van der Waals surface area contributed by atoms with Gasteiger partial charge in [0.25, 0.3) is 0 Å². The van der Waals surface area contributed by atoms with E-state index in [9.17, 15) is 4.79 Å². The third-order valence-electron chi connectivity index (χ3n) is 2.72. The summed E-state index contributed by atoms with van der Waals surface area (Å²) in [6.07, 6.45) is 0.381. The van der Waals surface area contributed by atoms with Crippen molar-refractivity contribution in [2.75, 3.05) is 25.0 Å². The maximum atomic E-state index is 11.8. The Morgan fingerprint density at radius 2 is 2.25 bits per heavy atom. The molecule has 2 amide bonds. The molecule has 0 unspecified atom stereocenters. The highest BCUT2D eigenvalue weighted by Gasteiger charge is 2.26. The highest BCUT2D eigenvalue weighted by molar-refractivity contribution is 5.93. The molecule has 1 saturated heterocycles. The summed E-state index contributed by atoms with van der Waals surface area (Å²) in [6, 6.07) is 9.72. The zero-order valence-electron chi connectivity index (χ0n) is 9.18. The van der Waals surface area contributed by atoms with E-state index in [1.165, 1.54) is 0 Å². The minimum Gasteiger partial charge on any atom is -0.326 e. The second kappa shape index (κ2) is 4.23. The van der Waals surface area contributed by atoms with Crippen LogP contribution >= 0.6 is 0 Å². The summed E-state index contributed by atoms with van der Waals surface area (Å²) in [5, 5.41) is 8.63. The first kappa shape index (κ1) is 10.5. The van der Waals surface area contributed by atoms with Crippen LogP contribution in [0.15, 0.2) is 24.3 Å². The predicted octanol–water partition coefficient (Wildman–Crippen LogP) is 1.62. The Morgan fingerprint density at radius 3 is 2.88 bits per heavy atom. The van der Waals surface area contributed by atoms with Crippen LogP contribution in [0.1, 0.15) is 5.56 Å². The van der Waals surface area contributed by atoms with Gasteiger partial charge in [-0.3, -0.25) is 4.90 Å². The number of carbonyl (C=O) groups is 1. The van der Waals surface area contributed by atoms with Crippen LogP contribution in [-0.4, -0.2) is 31.1 Å². The number of rotatable bonds is 2. The monoisotopic (exact) mass is 215 g/mol. The molecule has 2 rings (SSSR count). The molecule has 1 aliphatic rings. The molecule has 1 aromatic carbocycles. The molecule has 82 valence electrons. The van der Waals surface area contributed by atoms with E-state index in [2.05, 4.69) is 6.07 Å². The number of benzene rings is 1. The molecule has 4 nitrogen and oxygen atoms in total. The first-order chi connectivity index (χ1) is 7.72. The van der Waals surface area contributed by atoms with Gasteiger partial charge < -0.3 is 4.90 Å². The number of nitriles is 1. The molecule has 0 saturated carbocycles. The maximum Gasteiger partial charge on any atom is 0.324 e. The predicted molar refractivity (Wildman–Crippen MR) is 61.1 cm³/mol. The Bertz CT molecular complexity index is 450. The Morgan fingerprint density at radius 1 is 1.44 bits per heavy atom. The van der Waals surface area contributed by atoms with E-state index in [-0.39, 0.29) is 6.03 Å². The van der Waals surface area contributed by atoms with Crippen LogP contribution in [0.4, 0.5) is 10.5 Å². The minimum atomic E-state index is 0.0223. The maximum absolute atomic E-state index is 11.8. The quantitative estimate of drug-likeness (QED) is 0.752. The van der Waals surface area contributed by atoms with Crippen molar-refractivity contribution >= 4 is 11.7 Å². The van der Waals surface area contributed by atoms with E-state index in [0.717, 1.165) is 17.8 Å². The van der Waals surface area contributed by atoms with Crippen molar-refractivity contribution in [2.45, 2.75) is 6.42 Å². The van der Waals surface area contributed by atoms with Crippen molar-refractivity contribution in [3.8, 4) is 6.07 Å². The lowest BCUT2D eigenvalue weighted by Crippen LogP contribution is -2.29. The molecule has 0 radical (unpaired) electrons. The number of urea groups is 1.